The molecule has 1 atom stereocenters. The number of carboxylic acids is 1. The zero-order valence-corrected chi connectivity index (χ0v) is 15.3. The molecule has 138 valence electrons. The molecular weight excluding hydrogens is 326 g/mol. The number of methoxy groups -OCH3 is 3. The smallest absolute Gasteiger partial charge is 0.311 e. The van der Waals surface area contributed by atoms with Crippen molar-refractivity contribution in [2.24, 2.45) is 11.3 Å². The maximum atomic E-state index is 13.0. The number of hydrogen-bond acceptors (Lipinski definition) is 5. The van der Waals surface area contributed by atoms with E-state index >= 15 is 0 Å². The van der Waals surface area contributed by atoms with Gasteiger partial charge in [-0.05, 0) is 24.5 Å². The third kappa shape index (κ3) is 3.10. The summed E-state index contributed by atoms with van der Waals surface area (Å²) in [6.45, 7) is 4.31. The lowest BCUT2D eigenvalue weighted by Gasteiger charge is -2.28. The van der Waals surface area contributed by atoms with E-state index in [2.05, 4.69) is 0 Å². The number of carbonyl (C=O) groups is 2. The van der Waals surface area contributed by atoms with Crippen LogP contribution in [0.15, 0.2) is 12.1 Å². The normalized spacial score (nSPS) is 19.8. The summed E-state index contributed by atoms with van der Waals surface area (Å²) in [6.07, 6.45) is 0.432. The van der Waals surface area contributed by atoms with Gasteiger partial charge in [0.1, 0.15) is 0 Å². The first-order chi connectivity index (χ1) is 11.8. The fourth-order valence-electron chi connectivity index (χ4n) is 3.34. The maximum Gasteiger partial charge on any atom is 0.311 e. The highest BCUT2D eigenvalue weighted by atomic mass is 16.5. The van der Waals surface area contributed by atoms with Gasteiger partial charge in [0.2, 0.25) is 5.75 Å². The molecule has 0 spiro atoms. The summed E-state index contributed by atoms with van der Waals surface area (Å²) >= 11 is 0. The van der Waals surface area contributed by atoms with Crippen LogP contribution in [0.3, 0.4) is 0 Å². The maximum absolute atomic E-state index is 13.0. The zero-order chi connectivity index (χ0) is 18.8. The molecule has 7 nitrogen and oxygen atoms in total. The van der Waals surface area contributed by atoms with Crippen LogP contribution in [0.1, 0.15) is 30.6 Å². The molecule has 0 aromatic heterocycles. The number of carbonyl (C=O) groups excluding carboxylic acids is 1. The van der Waals surface area contributed by atoms with Crippen LogP contribution < -0.4 is 14.2 Å². The van der Waals surface area contributed by atoms with Crippen molar-refractivity contribution in [2.45, 2.75) is 20.3 Å². The Morgan fingerprint density at radius 2 is 1.76 bits per heavy atom. The quantitative estimate of drug-likeness (QED) is 0.846. The molecule has 1 saturated heterocycles. The topological polar surface area (TPSA) is 85.3 Å². The summed E-state index contributed by atoms with van der Waals surface area (Å²) in [5.74, 6) is -0.138. The molecule has 7 heteroatoms. The average molecular weight is 351 g/mol. The van der Waals surface area contributed by atoms with Crippen LogP contribution in [0.5, 0.6) is 17.2 Å². The molecule has 1 aliphatic heterocycles. The molecule has 1 unspecified atom stereocenters. The van der Waals surface area contributed by atoms with E-state index in [0.717, 1.165) is 0 Å². The summed E-state index contributed by atoms with van der Waals surface area (Å²) in [6, 6.07) is 3.25. The molecule has 1 amide bonds. The molecule has 1 heterocycles. The van der Waals surface area contributed by atoms with E-state index in [0.29, 0.717) is 30.0 Å². The van der Waals surface area contributed by atoms with Gasteiger partial charge >= 0.3 is 5.97 Å². The Hall–Kier alpha value is -2.44. The van der Waals surface area contributed by atoms with Gasteiger partial charge in [-0.15, -0.1) is 0 Å². The van der Waals surface area contributed by atoms with Crippen LogP contribution in [0.25, 0.3) is 0 Å². The van der Waals surface area contributed by atoms with Crippen molar-refractivity contribution in [1.82, 2.24) is 4.90 Å². The predicted octanol–water partition coefficient (Wildman–Crippen LogP) is 2.29. The van der Waals surface area contributed by atoms with E-state index in [4.69, 9.17) is 14.2 Å². The third-order valence-corrected chi connectivity index (χ3v) is 5.05. The molecule has 1 aromatic carbocycles. The minimum absolute atomic E-state index is 0.0740. The van der Waals surface area contributed by atoms with Gasteiger partial charge < -0.3 is 24.2 Å². The number of aliphatic carboxylic acids is 1. The van der Waals surface area contributed by atoms with Gasteiger partial charge in [-0.1, -0.05) is 13.8 Å². The van der Waals surface area contributed by atoms with E-state index in [1.807, 2.05) is 13.8 Å². The molecule has 0 radical (unpaired) electrons. The van der Waals surface area contributed by atoms with Crippen molar-refractivity contribution in [1.29, 1.82) is 0 Å². The summed E-state index contributed by atoms with van der Waals surface area (Å²) in [4.78, 5) is 26.3. The molecule has 1 N–H and O–H groups in total. The van der Waals surface area contributed by atoms with Gasteiger partial charge in [-0.25, -0.2) is 0 Å². The minimum atomic E-state index is -0.917. The summed E-state index contributed by atoms with van der Waals surface area (Å²) in [5, 5.41) is 9.66. The van der Waals surface area contributed by atoms with Gasteiger partial charge in [0.05, 0.1) is 32.3 Å². The molecule has 1 aromatic rings. The SMILES string of the molecule is COc1ccc(C(=O)N2CCC(C(=O)O)(C(C)C)C2)c(OC)c1OC. The van der Waals surface area contributed by atoms with Crippen molar-refractivity contribution in [3.63, 3.8) is 0 Å². The lowest BCUT2D eigenvalue weighted by Crippen LogP contribution is -2.40. The van der Waals surface area contributed by atoms with Crippen molar-refractivity contribution < 1.29 is 28.9 Å². The van der Waals surface area contributed by atoms with Gasteiger partial charge in [0.15, 0.2) is 11.5 Å². The Kier molecular flexibility index (Phi) is 5.45. The molecule has 0 saturated carbocycles. The number of ether oxygens (including phenoxy) is 3. The minimum Gasteiger partial charge on any atom is -0.493 e. The van der Waals surface area contributed by atoms with Crippen molar-refractivity contribution in [3.8, 4) is 17.2 Å². The first kappa shape index (κ1) is 18.9. The standard InChI is InChI=1S/C18H25NO6/c1-11(2)18(17(21)22)8-9-19(10-18)16(20)12-6-7-13(23-3)15(25-5)14(12)24-4/h6-7,11H,8-10H2,1-5H3,(H,21,22). The second kappa shape index (κ2) is 7.21. The van der Waals surface area contributed by atoms with E-state index < -0.39 is 11.4 Å². The number of nitrogens with zero attached hydrogens (tertiary/aromatic N) is 1. The largest absolute Gasteiger partial charge is 0.493 e. The van der Waals surface area contributed by atoms with E-state index in [9.17, 15) is 14.7 Å². The summed E-state index contributed by atoms with van der Waals surface area (Å²) in [7, 11) is 4.43. The predicted molar refractivity (Wildman–Crippen MR) is 91.5 cm³/mol. The Morgan fingerprint density at radius 3 is 2.20 bits per heavy atom. The molecule has 1 fully saturated rings. The van der Waals surface area contributed by atoms with Crippen LogP contribution in [-0.4, -0.2) is 56.3 Å². The molecular formula is C18H25NO6. The lowest BCUT2D eigenvalue weighted by atomic mass is 9.76. The van der Waals surface area contributed by atoms with Crippen molar-refractivity contribution >= 4 is 11.9 Å². The first-order valence-electron chi connectivity index (χ1n) is 8.14. The highest BCUT2D eigenvalue weighted by Crippen LogP contribution is 2.42. The zero-order valence-electron chi connectivity index (χ0n) is 15.3. The first-order valence-corrected chi connectivity index (χ1v) is 8.14. The van der Waals surface area contributed by atoms with Crippen molar-refractivity contribution in [2.75, 3.05) is 34.4 Å². The Balaban J connectivity index is 2.38. The lowest BCUT2D eigenvalue weighted by molar-refractivity contribution is -0.150. The van der Waals surface area contributed by atoms with E-state index in [-0.39, 0.29) is 24.1 Å². The number of carboxylic acid groups (broad SMARTS) is 1. The van der Waals surface area contributed by atoms with Gasteiger partial charge in [0, 0.05) is 13.1 Å². The van der Waals surface area contributed by atoms with Crippen LogP contribution in [-0.2, 0) is 4.79 Å². The third-order valence-electron chi connectivity index (χ3n) is 5.05. The molecule has 0 aliphatic carbocycles. The van der Waals surface area contributed by atoms with Crippen LogP contribution >= 0.6 is 0 Å². The van der Waals surface area contributed by atoms with Crippen LogP contribution in [0, 0.1) is 11.3 Å². The van der Waals surface area contributed by atoms with Crippen LogP contribution in [0.2, 0.25) is 0 Å². The monoisotopic (exact) mass is 351 g/mol. The number of amides is 1. The van der Waals surface area contributed by atoms with Crippen molar-refractivity contribution in [3.05, 3.63) is 17.7 Å². The summed E-state index contributed by atoms with van der Waals surface area (Å²) in [5.41, 5.74) is -0.593. The number of hydrogen-bond donors (Lipinski definition) is 1. The fourth-order valence-corrected chi connectivity index (χ4v) is 3.34. The number of likely N-dealkylation sites (tertiary alicyclic amines) is 1. The second-order valence-electron chi connectivity index (χ2n) is 6.47. The van der Waals surface area contributed by atoms with Gasteiger partial charge in [-0.3, -0.25) is 9.59 Å². The number of rotatable bonds is 6. The average Bonchev–Trinajstić information content (AvgIpc) is 3.06. The number of benzene rings is 1. The van der Waals surface area contributed by atoms with Gasteiger partial charge in [-0.2, -0.15) is 0 Å². The second-order valence-corrected chi connectivity index (χ2v) is 6.47. The van der Waals surface area contributed by atoms with Gasteiger partial charge in [0.25, 0.3) is 5.91 Å². The highest BCUT2D eigenvalue weighted by Gasteiger charge is 2.48. The van der Waals surface area contributed by atoms with E-state index in [1.165, 1.54) is 21.3 Å². The molecule has 25 heavy (non-hydrogen) atoms. The summed E-state index contributed by atoms with van der Waals surface area (Å²) < 4.78 is 15.9. The van der Waals surface area contributed by atoms with Crippen LogP contribution in [0.4, 0.5) is 0 Å². The molecule has 0 bridgehead atoms. The Morgan fingerprint density at radius 1 is 1.12 bits per heavy atom. The molecule has 2 rings (SSSR count). The highest BCUT2D eigenvalue weighted by molar-refractivity contribution is 5.99. The fraction of sp³-hybridized carbons (Fsp3) is 0.556. The van der Waals surface area contributed by atoms with E-state index in [1.54, 1.807) is 17.0 Å². The Labute approximate surface area is 147 Å². The molecule has 1 aliphatic rings. The Bertz CT molecular complexity index is 672.